The zero-order valence-corrected chi connectivity index (χ0v) is 21.8. The van der Waals surface area contributed by atoms with Gasteiger partial charge >= 0.3 is 12.4 Å². The van der Waals surface area contributed by atoms with Gasteiger partial charge in [0.05, 0.1) is 23.1 Å². The van der Waals surface area contributed by atoms with Gasteiger partial charge in [0, 0.05) is 55.9 Å². The number of piperidine rings is 1. The van der Waals surface area contributed by atoms with Crippen LogP contribution in [0.4, 0.5) is 32.0 Å². The van der Waals surface area contributed by atoms with E-state index in [4.69, 9.17) is 0 Å². The van der Waals surface area contributed by atoms with Gasteiger partial charge in [0.25, 0.3) is 5.91 Å². The molecule has 0 saturated carbocycles. The normalized spacial score (nSPS) is 21.6. The molecule has 3 rings (SSSR count). The van der Waals surface area contributed by atoms with E-state index in [1.807, 2.05) is 7.05 Å². The van der Waals surface area contributed by atoms with Crippen molar-refractivity contribution in [1.82, 2.24) is 14.7 Å². The quantitative estimate of drug-likeness (QED) is 0.461. The molecule has 1 N–H and O–H groups in total. The lowest BCUT2D eigenvalue weighted by Crippen LogP contribution is -2.51. The third-order valence-electron chi connectivity index (χ3n) is 6.68. The van der Waals surface area contributed by atoms with E-state index in [2.05, 4.69) is 32.7 Å². The van der Waals surface area contributed by atoms with Crippen molar-refractivity contribution in [3.05, 3.63) is 40.5 Å². The summed E-state index contributed by atoms with van der Waals surface area (Å²) in [5.74, 6) is -5.56. The Labute approximate surface area is 219 Å². The maximum Gasteiger partial charge on any atom is 0.393 e. The Morgan fingerprint density at radius 2 is 1.54 bits per heavy atom. The van der Waals surface area contributed by atoms with E-state index in [0.29, 0.717) is 28.2 Å². The van der Waals surface area contributed by atoms with Crippen molar-refractivity contribution < 1.29 is 35.9 Å². The highest BCUT2D eigenvalue weighted by atomic mass is 79.9. The number of likely N-dealkylation sites (tertiary alicyclic amines) is 1. The molecule has 2 atom stereocenters. The van der Waals surface area contributed by atoms with E-state index < -0.39 is 49.6 Å². The number of anilines is 1. The SMILES string of the molecule is C=C(CCC(=O)N1CCN(C)CC1)Nc1ccc(Br)cc1C(=O)N1C[C@H](C(F)(F)F)C[C@H](C(F)(F)F)C1. The Bertz CT molecular complexity index is 986. The van der Waals surface area contributed by atoms with Crippen LogP contribution in [0, 0.1) is 11.8 Å². The van der Waals surface area contributed by atoms with Gasteiger partial charge in [-0.05, 0) is 38.1 Å². The topological polar surface area (TPSA) is 55.9 Å². The summed E-state index contributed by atoms with van der Waals surface area (Å²) in [7, 11) is 1.97. The van der Waals surface area contributed by atoms with Crippen LogP contribution >= 0.6 is 15.9 Å². The molecule has 13 heteroatoms. The molecule has 37 heavy (non-hydrogen) atoms. The number of rotatable bonds is 6. The smallest absolute Gasteiger partial charge is 0.359 e. The summed E-state index contributed by atoms with van der Waals surface area (Å²) in [6.07, 6.45) is -10.4. The van der Waals surface area contributed by atoms with E-state index in [9.17, 15) is 35.9 Å². The molecule has 1 aromatic carbocycles. The second-order valence-corrected chi connectivity index (χ2v) is 10.4. The van der Waals surface area contributed by atoms with E-state index in [0.717, 1.165) is 13.1 Å². The first-order valence-electron chi connectivity index (χ1n) is 11.8. The van der Waals surface area contributed by atoms with Crippen molar-refractivity contribution in [3.63, 3.8) is 0 Å². The molecule has 2 amide bonds. The minimum atomic E-state index is -4.87. The lowest BCUT2D eigenvalue weighted by atomic mass is 9.87. The molecule has 0 aromatic heterocycles. The number of likely N-dealkylation sites (N-methyl/N-ethyl adjacent to an activating group) is 1. The Morgan fingerprint density at radius 1 is 0.973 bits per heavy atom. The minimum absolute atomic E-state index is 0.0483. The molecule has 2 fully saturated rings. The summed E-state index contributed by atoms with van der Waals surface area (Å²) >= 11 is 3.21. The number of amides is 2. The number of hydrogen-bond donors (Lipinski definition) is 1. The van der Waals surface area contributed by atoms with Crippen LogP contribution in [0.5, 0.6) is 0 Å². The Morgan fingerprint density at radius 3 is 2.08 bits per heavy atom. The number of halogens is 7. The standard InChI is InChI=1S/C24H29BrF6N4O2/c1-15(3-6-21(36)34-9-7-33(2)8-10-34)32-20-5-4-18(25)12-19(20)22(37)35-13-16(23(26,27)28)11-17(14-35)24(29,30)31/h4-5,12,16-17,32H,1,3,6-11,13-14H2,2H3/t16-,17+. The maximum absolute atomic E-state index is 13.4. The predicted molar refractivity (Wildman–Crippen MR) is 130 cm³/mol. The summed E-state index contributed by atoms with van der Waals surface area (Å²) in [4.78, 5) is 30.2. The first-order chi connectivity index (χ1) is 17.1. The van der Waals surface area contributed by atoms with E-state index >= 15 is 0 Å². The molecule has 0 bridgehead atoms. The highest BCUT2D eigenvalue weighted by molar-refractivity contribution is 9.10. The number of hydrogen-bond acceptors (Lipinski definition) is 4. The number of piperazine rings is 1. The molecule has 6 nitrogen and oxygen atoms in total. The number of carbonyl (C=O) groups is 2. The number of allylic oxidation sites excluding steroid dienone is 1. The molecule has 2 aliphatic heterocycles. The van der Waals surface area contributed by atoms with Crippen LogP contribution in [-0.2, 0) is 4.79 Å². The molecule has 2 heterocycles. The third kappa shape index (κ3) is 7.86. The molecule has 206 valence electrons. The van der Waals surface area contributed by atoms with E-state index in [1.54, 1.807) is 11.0 Å². The number of nitrogens with zero attached hydrogens (tertiary/aromatic N) is 3. The van der Waals surface area contributed by atoms with Crippen LogP contribution in [0.1, 0.15) is 29.6 Å². The van der Waals surface area contributed by atoms with Gasteiger partial charge in [-0.3, -0.25) is 9.59 Å². The number of nitrogens with one attached hydrogen (secondary N) is 1. The monoisotopic (exact) mass is 598 g/mol. The largest absolute Gasteiger partial charge is 0.393 e. The maximum atomic E-state index is 13.4. The molecular formula is C24H29BrF6N4O2. The average Bonchev–Trinajstić information content (AvgIpc) is 2.82. The fourth-order valence-electron chi connectivity index (χ4n) is 4.44. The average molecular weight is 599 g/mol. The Kier molecular flexibility index (Phi) is 9.20. The van der Waals surface area contributed by atoms with Crippen LogP contribution < -0.4 is 5.32 Å². The van der Waals surface area contributed by atoms with Gasteiger partial charge in [-0.25, -0.2) is 0 Å². The lowest BCUT2D eigenvalue weighted by molar-refractivity contribution is -0.226. The minimum Gasteiger partial charge on any atom is -0.359 e. The van der Waals surface area contributed by atoms with Crippen molar-refractivity contribution in [1.29, 1.82) is 0 Å². The van der Waals surface area contributed by atoms with Crippen LogP contribution in [0.3, 0.4) is 0 Å². The second-order valence-electron chi connectivity index (χ2n) is 9.53. The fourth-order valence-corrected chi connectivity index (χ4v) is 4.80. The van der Waals surface area contributed by atoms with Gasteiger partial charge < -0.3 is 20.0 Å². The van der Waals surface area contributed by atoms with Crippen molar-refractivity contribution in [2.24, 2.45) is 11.8 Å². The molecule has 0 unspecified atom stereocenters. The van der Waals surface area contributed by atoms with Crippen LogP contribution in [0.15, 0.2) is 34.9 Å². The fraction of sp³-hybridized carbons (Fsp3) is 0.583. The number of carbonyl (C=O) groups excluding carboxylic acids is 2. The van der Waals surface area contributed by atoms with Crippen LogP contribution in [0.2, 0.25) is 0 Å². The predicted octanol–water partition coefficient (Wildman–Crippen LogP) is 5.13. The zero-order chi connectivity index (χ0) is 27.5. The van der Waals surface area contributed by atoms with Gasteiger partial charge in [-0.2, -0.15) is 26.3 Å². The zero-order valence-electron chi connectivity index (χ0n) is 20.3. The summed E-state index contributed by atoms with van der Waals surface area (Å²) in [6, 6.07) is 4.40. The van der Waals surface area contributed by atoms with Crippen LogP contribution in [0.25, 0.3) is 0 Å². The molecule has 0 radical (unpaired) electrons. The first-order valence-corrected chi connectivity index (χ1v) is 12.6. The van der Waals surface area contributed by atoms with Gasteiger partial charge in [0.2, 0.25) is 5.91 Å². The van der Waals surface area contributed by atoms with Gasteiger partial charge in [-0.1, -0.05) is 22.5 Å². The first kappa shape index (κ1) is 29.3. The highest BCUT2D eigenvalue weighted by Gasteiger charge is 2.52. The van der Waals surface area contributed by atoms with Crippen LogP contribution in [-0.4, -0.2) is 85.2 Å². The summed E-state index contributed by atoms with van der Waals surface area (Å²) in [5, 5.41) is 2.92. The number of benzene rings is 1. The van der Waals surface area contributed by atoms with E-state index in [-0.39, 0.29) is 30.0 Å². The molecule has 2 aliphatic rings. The van der Waals surface area contributed by atoms with Crippen molar-refractivity contribution in [2.75, 3.05) is 51.6 Å². The highest BCUT2D eigenvalue weighted by Crippen LogP contribution is 2.42. The van der Waals surface area contributed by atoms with Gasteiger partial charge in [-0.15, -0.1) is 0 Å². The molecule has 0 aliphatic carbocycles. The van der Waals surface area contributed by atoms with Crippen molar-refractivity contribution in [2.45, 2.75) is 31.6 Å². The molecular weight excluding hydrogens is 570 g/mol. The van der Waals surface area contributed by atoms with Crippen molar-refractivity contribution in [3.8, 4) is 0 Å². The van der Waals surface area contributed by atoms with Gasteiger partial charge in [0.1, 0.15) is 0 Å². The Hall–Kier alpha value is -2.28. The summed E-state index contributed by atoms with van der Waals surface area (Å²) < 4.78 is 80.8. The molecule has 0 spiro atoms. The Balaban J connectivity index is 1.72. The summed E-state index contributed by atoms with van der Waals surface area (Å²) in [6.45, 7) is 4.95. The van der Waals surface area contributed by atoms with Crippen molar-refractivity contribution >= 4 is 33.4 Å². The lowest BCUT2D eigenvalue weighted by Gasteiger charge is -2.39. The third-order valence-corrected chi connectivity index (χ3v) is 7.18. The second kappa shape index (κ2) is 11.6. The molecule has 2 saturated heterocycles. The summed E-state index contributed by atoms with van der Waals surface area (Å²) in [5.41, 5.74) is 0.478. The van der Waals surface area contributed by atoms with E-state index in [1.165, 1.54) is 12.1 Å². The number of alkyl halides is 6. The molecule has 1 aromatic rings. The van der Waals surface area contributed by atoms with Gasteiger partial charge in [0.15, 0.2) is 0 Å².